The number of carboxylic acid groups (broad SMARTS) is 2. The van der Waals surface area contributed by atoms with E-state index in [1.165, 1.54) is 0 Å². The predicted octanol–water partition coefficient (Wildman–Crippen LogP) is 4.40. The number of rotatable bonds is 14. The number of unbranched alkanes of at least 4 members (excludes halogenated alkanes) is 4. The molecule has 1 rings (SSSR count). The molecular weight excluding hydrogens is 354 g/mol. The molecule has 0 unspecified atom stereocenters. The standard InChI is InChI=1S/C19H27NO5S/c21-17(11-4-2-1-3-5-12-18(22)23)20-15-9-6-7-10-16(15)26-14-8-13-19(24)25/h6-7,9-10H,1-5,8,11-14H2,(H,20,21)(H,22,23)(H,24,25). The molecule has 0 heterocycles. The molecular formula is C19H27NO5S. The number of thioether (sulfide) groups is 1. The van der Waals surface area contributed by atoms with Crippen LogP contribution in [0.2, 0.25) is 0 Å². The average molecular weight is 381 g/mol. The molecule has 0 saturated carbocycles. The highest BCUT2D eigenvalue weighted by molar-refractivity contribution is 7.99. The number of para-hydroxylation sites is 1. The lowest BCUT2D eigenvalue weighted by molar-refractivity contribution is -0.138. The van der Waals surface area contributed by atoms with Crippen LogP contribution in [-0.4, -0.2) is 33.8 Å². The van der Waals surface area contributed by atoms with Crippen molar-refractivity contribution in [2.75, 3.05) is 11.1 Å². The van der Waals surface area contributed by atoms with E-state index in [0.29, 0.717) is 25.0 Å². The first kappa shape index (κ1) is 22.0. The Balaban J connectivity index is 2.26. The Kier molecular flexibility index (Phi) is 11.2. The monoisotopic (exact) mass is 381 g/mol. The molecule has 1 aromatic carbocycles. The van der Waals surface area contributed by atoms with Crippen LogP contribution in [0.4, 0.5) is 5.69 Å². The van der Waals surface area contributed by atoms with Crippen molar-refractivity contribution in [3.05, 3.63) is 24.3 Å². The summed E-state index contributed by atoms with van der Waals surface area (Å²) in [7, 11) is 0. The van der Waals surface area contributed by atoms with E-state index in [1.54, 1.807) is 11.8 Å². The number of anilines is 1. The van der Waals surface area contributed by atoms with E-state index in [4.69, 9.17) is 10.2 Å². The largest absolute Gasteiger partial charge is 0.481 e. The van der Waals surface area contributed by atoms with Gasteiger partial charge in [0.15, 0.2) is 0 Å². The van der Waals surface area contributed by atoms with Gasteiger partial charge in [-0.25, -0.2) is 0 Å². The number of hydrogen-bond acceptors (Lipinski definition) is 4. The van der Waals surface area contributed by atoms with Crippen molar-refractivity contribution >= 4 is 35.3 Å². The van der Waals surface area contributed by atoms with Crippen LogP contribution in [-0.2, 0) is 14.4 Å². The number of carboxylic acids is 2. The third-order valence-electron chi connectivity index (χ3n) is 3.75. The van der Waals surface area contributed by atoms with Crippen LogP contribution in [0.1, 0.15) is 57.8 Å². The summed E-state index contributed by atoms with van der Waals surface area (Å²) in [6, 6.07) is 7.53. The molecule has 1 amide bonds. The third-order valence-corrected chi connectivity index (χ3v) is 4.91. The molecule has 0 bridgehead atoms. The highest BCUT2D eigenvalue weighted by Crippen LogP contribution is 2.28. The van der Waals surface area contributed by atoms with Crippen LogP contribution in [0, 0.1) is 0 Å². The maximum absolute atomic E-state index is 12.1. The minimum atomic E-state index is -0.796. The second-order valence-electron chi connectivity index (χ2n) is 6.05. The van der Waals surface area contributed by atoms with Gasteiger partial charge < -0.3 is 15.5 Å². The summed E-state index contributed by atoms with van der Waals surface area (Å²) in [5.41, 5.74) is 0.763. The summed E-state index contributed by atoms with van der Waals surface area (Å²) in [6.07, 6.45) is 5.59. The van der Waals surface area contributed by atoms with E-state index in [-0.39, 0.29) is 18.7 Å². The Morgan fingerprint density at radius 1 is 0.808 bits per heavy atom. The smallest absolute Gasteiger partial charge is 0.303 e. The second kappa shape index (κ2) is 13.2. The van der Waals surface area contributed by atoms with E-state index in [2.05, 4.69) is 5.32 Å². The minimum absolute atomic E-state index is 0.0332. The fourth-order valence-corrected chi connectivity index (χ4v) is 3.36. The van der Waals surface area contributed by atoms with Gasteiger partial charge in [-0.3, -0.25) is 14.4 Å². The molecule has 0 aliphatic rings. The zero-order chi connectivity index (χ0) is 19.2. The molecule has 0 saturated heterocycles. The summed E-state index contributed by atoms with van der Waals surface area (Å²) in [6.45, 7) is 0. The van der Waals surface area contributed by atoms with Gasteiger partial charge in [-0.1, -0.05) is 31.4 Å². The lowest BCUT2D eigenvalue weighted by atomic mass is 10.1. The minimum Gasteiger partial charge on any atom is -0.481 e. The van der Waals surface area contributed by atoms with Crippen molar-refractivity contribution in [3.63, 3.8) is 0 Å². The maximum Gasteiger partial charge on any atom is 0.303 e. The maximum atomic E-state index is 12.1. The number of carbonyl (C=O) groups is 3. The molecule has 0 aliphatic heterocycles. The van der Waals surface area contributed by atoms with Gasteiger partial charge >= 0.3 is 11.9 Å². The highest BCUT2D eigenvalue weighted by Gasteiger charge is 2.07. The molecule has 7 heteroatoms. The van der Waals surface area contributed by atoms with Crippen LogP contribution in [0.15, 0.2) is 29.2 Å². The number of benzene rings is 1. The Bertz CT molecular complexity index is 591. The molecule has 0 aliphatic carbocycles. The van der Waals surface area contributed by atoms with Crippen LogP contribution < -0.4 is 5.32 Å². The van der Waals surface area contributed by atoms with Gasteiger partial charge in [-0.2, -0.15) is 0 Å². The van der Waals surface area contributed by atoms with Crippen LogP contribution in [0.5, 0.6) is 0 Å². The van der Waals surface area contributed by atoms with E-state index in [1.807, 2.05) is 24.3 Å². The first-order chi connectivity index (χ1) is 12.5. The molecule has 0 radical (unpaired) electrons. The quantitative estimate of drug-likeness (QED) is 0.326. The Labute approximate surface area is 158 Å². The van der Waals surface area contributed by atoms with Gasteiger partial charge in [0.2, 0.25) is 5.91 Å². The van der Waals surface area contributed by atoms with Crippen molar-refractivity contribution < 1.29 is 24.6 Å². The molecule has 0 atom stereocenters. The zero-order valence-corrected chi connectivity index (χ0v) is 15.7. The predicted molar refractivity (Wildman–Crippen MR) is 103 cm³/mol. The number of aliphatic carboxylic acids is 2. The van der Waals surface area contributed by atoms with Gasteiger partial charge in [0.1, 0.15) is 0 Å². The fraction of sp³-hybridized carbons (Fsp3) is 0.526. The van der Waals surface area contributed by atoms with Gasteiger partial charge in [0, 0.05) is 24.2 Å². The Morgan fingerprint density at radius 3 is 2.08 bits per heavy atom. The lowest BCUT2D eigenvalue weighted by Gasteiger charge is -2.10. The van der Waals surface area contributed by atoms with Crippen LogP contribution >= 0.6 is 11.8 Å². The van der Waals surface area contributed by atoms with E-state index in [9.17, 15) is 14.4 Å². The van der Waals surface area contributed by atoms with Gasteiger partial charge in [-0.15, -0.1) is 11.8 Å². The first-order valence-corrected chi connectivity index (χ1v) is 9.93. The second-order valence-corrected chi connectivity index (χ2v) is 7.19. The Hall–Kier alpha value is -2.02. The third kappa shape index (κ3) is 10.8. The van der Waals surface area contributed by atoms with Crippen molar-refractivity contribution in [2.45, 2.75) is 62.7 Å². The lowest BCUT2D eigenvalue weighted by Crippen LogP contribution is -2.11. The Morgan fingerprint density at radius 2 is 1.38 bits per heavy atom. The molecule has 0 fully saturated rings. The molecule has 144 valence electrons. The summed E-state index contributed by atoms with van der Waals surface area (Å²) >= 11 is 1.54. The molecule has 3 N–H and O–H groups in total. The highest BCUT2D eigenvalue weighted by atomic mass is 32.2. The molecule has 6 nitrogen and oxygen atoms in total. The number of nitrogens with one attached hydrogen (secondary N) is 1. The number of carbonyl (C=O) groups excluding carboxylic acids is 1. The van der Waals surface area contributed by atoms with Gasteiger partial charge in [0.05, 0.1) is 5.69 Å². The van der Waals surface area contributed by atoms with Crippen LogP contribution in [0.25, 0.3) is 0 Å². The summed E-state index contributed by atoms with van der Waals surface area (Å²) < 4.78 is 0. The summed E-state index contributed by atoms with van der Waals surface area (Å²) in [4.78, 5) is 34.0. The number of hydrogen-bond donors (Lipinski definition) is 3. The van der Waals surface area contributed by atoms with Crippen molar-refractivity contribution in [1.82, 2.24) is 0 Å². The molecule has 0 aromatic heterocycles. The van der Waals surface area contributed by atoms with E-state index >= 15 is 0 Å². The molecule has 26 heavy (non-hydrogen) atoms. The summed E-state index contributed by atoms with van der Waals surface area (Å²) in [5.74, 6) is -0.900. The van der Waals surface area contributed by atoms with Crippen LogP contribution in [0.3, 0.4) is 0 Å². The normalized spacial score (nSPS) is 10.5. The van der Waals surface area contributed by atoms with E-state index in [0.717, 1.165) is 36.3 Å². The average Bonchev–Trinajstić information content (AvgIpc) is 2.58. The molecule has 1 aromatic rings. The fourth-order valence-electron chi connectivity index (χ4n) is 2.41. The van der Waals surface area contributed by atoms with Crippen molar-refractivity contribution in [1.29, 1.82) is 0 Å². The molecule has 0 spiro atoms. The van der Waals surface area contributed by atoms with Crippen molar-refractivity contribution in [2.24, 2.45) is 0 Å². The first-order valence-electron chi connectivity index (χ1n) is 8.94. The summed E-state index contributed by atoms with van der Waals surface area (Å²) in [5, 5.41) is 20.2. The number of amides is 1. The SMILES string of the molecule is O=C(O)CCCCCCCC(=O)Nc1ccccc1SCCCC(=O)O. The van der Waals surface area contributed by atoms with Crippen molar-refractivity contribution in [3.8, 4) is 0 Å². The van der Waals surface area contributed by atoms with Gasteiger partial charge in [0.25, 0.3) is 0 Å². The zero-order valence-electron chi connectivity index (χ0n) is 14.9. The van der Waals surface area contributed by atoms with Gasteiger partial charge in [-0.05, 0) is 37.1 Å². The topological polar surface area (TPSA) is 104 Å². The van der Waals surface area contributed by atoms with E-state index < -0.39 is 11.9 Å².